The third-order valence-electron chi connectivity index (χ3n) is 3.08. The van der Waals surface area contributed by atoms with E-state index >= 15 is 0 Å². The van der Waals surface area contributed by atoms with Crippen molar-refractivity contribution in [3.05, 3.63) is 24.0 Å². The van der Waals surface area contributed by atoms with Crippen molar-refractivity contribution < 1.29 is 12.8 Å². The fourth-order valence-electron chi connectivity index (χ4n) is 1.83. The van der Waals surface area contributed by atoms with Crippen molar-refractivity contribution in [2.75, 3.05) is 12.3 Å². The van der Waals surface area contributed by atoms with Crippen LogP contribution in [0.4, 0.5) is 10.1 Å². The van der Waals surface area contributed by atoms with Gasteiger partial charge in [-0.05, 0) is 30.9 Å². The van der Waals surface area contributed by atoms with Crippen LogP contribution in [-0.2, 0) is 10.0 Å². The monoisotopic (exact) mass is 272 g/mol. The van der Waals surface area contributed by atoms with Crippen LogP contribution < -0.4 is 10.5 Å². The summed E-state index contributed by atoms with van der Waals surface area (Å²) in [6.45, 7) is 0.370. The van der Waals surface area contributed by atoms with Crippen LogP contribution in [0, 0.1) is 11.7 Å². The van der Waals surface area contributed by atoms with E-state index < -0.39 is 15.8 Å². The Balaban J connectivity index is 1.98. The van der Waals surface area contributed by atoms with Crippen molar-refractivity contribution in [3.63, 3.8) is 0 Å². The molecule has 4 nitrogen and oxygen atoms in total. The summed E-state index contributed by atoms with van der Waals surface area (Å²) < 4.78 is 39.5. The van der Waals surface area contributed by atoms with Crippen LogP contribution in [0.3, 0.4) is 0 Å². The van der Waals surface area contributed by atoms with Crippen LogP contribution in [0.2, 0.25) is 0 Å². The zero-order chi connectivity index (χ0) is 13.2. The Morgan fingerprint density at radius 3 is 2.78 bits per heavy atom. The first-order valence-corrected chi connectivity index (χ1v) is 7.52. The van der Waals surface area contributed by atoms with Crippen LogP contribution in [0.25, 0.3) is 0 Å². The molecule has 6 heteroatoms. The minimum absolute atomic E-state index is 0.186. The van der Waals surface area contributed by atoms with E-state index in [9.17, 15) is 12.8 Å². The minimum Gasteiger partial charge on any atom is -0.395 e. The summed E-state index contributed by atoms with van der Waals surface area (Å²) in [5, 5.41) is 0. The van der Waals surface area contributed by atoms with Crippen LogP contribution in [-0.4, -0.2) is 15.0 Å². The molecule has 1 aromatic carbocycles. The van der Waals surface area contributed by atoms with E-state index in [1.165, 1.54) is 25.0 Å². The van der Waals surface area contributed by atoms with Crippen molar-refractivity contribution in [1.29, 1.82) is 0 Å². The maximum atomic E-state index is 13.2. The highest BCUT2D eigenvalue weighted by atomic mass is 32.2. The lowest BCUT2D eigenvalue weighted by molar-refractivity contribution is 0.570. The van der Waals surface area contributed by atoms with E-state index in [-0.39, 0.29) is 10.6 Å². The Labute approximate surface area is 106 Å². The van der Waals surface area contributed by atoms with Gasteiger partial charge in [-0.3, -0.25) is 0 Å². The molecular formula is C12H17FN2O2S. The summed E-state index contributed by atoms with van der Waals surface area (Å²) in [4.78, 5) is -0.186. The first-order valence-electron chi connectivity index (χ1n) is 6.04. The maximum Gasteiger partial charge on any atom is 0.242 e. The molecule has 1 aliphatic carbocycles. The third kappa shape index (κ3) is 3.20. The molecule has 2 rings (SSSR count). The molecule has 0 saturated heterocycles. The maximum absolute atomic E-state index is 13.2. The second-order valence-corrected chi connectivity index (χ2v) is 6.37. The predicted octanol–water partition coefficient (Wildman–Crippen LogP) is 1.88. The Morgan fingerprint density at radius 1 is 1.39 bits per heavy atom. The Morgan fingerprint density at radius 2 is 2.11 bits per heavy atom. The molecular weight excluding hydrogens is 255 g/mol. The average Bonchev–Trinajstić information content (AvgIpc) is 3.12. The zero-order valence-electron chi connectivity index (χ0n) is 10.0. The van der Waals surface area contributed by atoms with Crippen LogP contribution >= 0.6 is 0 Å². The van der Waals surface area contributed by atoms with Crippen molar-refractivity contribution in [3.8, 4) is 0 Å². The lowest BCUT2D eigenvalue weighted by Crippen LogP contribution is -2.26. The fourth-order valence-corrected chi connectivity index (χ4v) is 3.05. The molecule has 0 aromatic heterocycles. The van der Waals surface area contributed by atoms with Gasteiger partial charge in [-0.2, -0.15) is 0 Å². The molecule has 0 spiro atoms. The summed E-state index contributed by atoms with van der Waals surface area (Å²) in [5.74, 6) is 0.0598. The Kier molecular flexibility index (Phi) is 3.87. The number of benzene rings is 1. The summed E-state index contributed by atoms with van der Waals surface area (Å²) in [7, 11) is -3.71. The van der Waals surface area contributed by atoms with E-state index in [0.29, 0.717) is 6.54 Å². The molecule has 18 heavy (non-hydrogen) atoms. The molecule has 0 unspecified atom stereocenters. The first kappa shape index (κ1) is 13.3. The molecule has 0 bridgehead atoms. The van der Waals surface area contributed by atoms with Gasteiger partial charge in [0.15, 0.2) is 0 Å². The number of hydrogen-bond donors (Lipinski definition) is 2. The summed E-state index contributed by atoms with van der Waals surface area (Å²) >= 11 is 0. The van der Waals surface area contributed by atoms with Crippen LogP contribution in [0.1, 0.15) is 25.7 Å². The molecule has 0 aliphatic heterocycles. The number of para-hydroxylation sites is 1. The summed E-state index contributed by atoms with van der Waals surface area (Å²) in [5.41, 5.74) is 5.11. The van der Waals surface area contributed by atoms with E-state index in [0.717, 1.165) is 24.8 Å². The van der Waals surface area contributed by atoms with Crippen LogP contribution in [0.5, 0.6) is 0 Å². The first-order chi connectivity index (χ1) is 8.50. The number of nitrogens with one attached hydrogen (secondary N) is 1. The molecule has 3 N–H and O–H groups in total. The fraction of sp³-hybridized carbons (Fsp3) is 0.500. The molecule has 1 fully saturated rings. The highest BCUT2D eigenvalue weighted by Gasteiger charge is 2.22. The average molecular weight is 272 g/mol. The molecule has 100 valence electrons. The lowest BCUT2D eigenvalue weighted by atomic mass is 10.2. The van der Waals surface area contributed by atoms with Gasteiger partial charge in [0.05, 0.1) is 5.69 Å². The number of rotatable bonds is 6. The van der Waals surface area contributed by atoms with Gasteiger partial charge in [-0.25, -0.2) is 17.5 Å². The zero-order valence-corrected chi connectivity index (χ0v) is 10.8. The highest BCUT2D eigenvalue weighted by Crippen LogP contribution is 2.33. The van der Waals surface area contributed by atoms with Gasteiger partial charge in [0, 0.05) is 6.54 Å². The van der Waals surface area contributed by atoms with Gasteiger partial charge in [-0.1, -0.05) is 18.9 Å². The largest absolute Gasteiger partial charge is 0.395 e. The minimum atomic E-state index is -3.71. The van der Waals surface area contributed by atoms with Crippen molar-refractivity contribution in [1.82, 2.24) is 4.72 Å². The molecule has 0 heterocycles. The number of hydrogen-bond acceptors (Lipinski definition) is 3. The molecule has 0 atom stereocenters. The number of nitrogens with two attached hydrogens (primary N) is 1. The van der Waals surface area contributed by atoms with Gasteiger partial charge in [-0.15, -0.1) is 0 Å². The van der Waals surface area contributed by atoms with Gasteiger partial charge in [0.25, 0.3) is 0 Å². The molecule has 1 aromatic rings. The van der Waals surface area contributed by atoms with Crippen molar-refractivity contribution >= 4 is 15.7 Å². The third-order valence-corrected chi connectivity index (χ3v) is 4.60. The standard InChI is InChI=1S/C12H17FN2O2S/c13-10-4-1-5-11(12(10)14)18(16,17)15-8-2-3-9-6-7-9/h1,4-5,9,15H,2-3,6-8,14H2. The predicted molar refractivity (Wildman–Crippen MR) is 68.0 cm³/mol. The SMILES string of the molecule is Nc1c(F)cccc1S(=O)(=O)NCCCC1CC1. The van der Waals surface area contributed by atoms with Crippen molar-refractivity contribution in [2.24, 2.45) is 5.92 Å². The normalized spacial score (nSPS) is 15.8. The quantitative estimate of drug-likeness (QED) is 0.613. The van der Waals surface area contributed by atoms with E-state index in [2.05, 4.69) is 4.72 Å². The van der Waals surface area contributed by atoms with E-state index in [1.54, 1.807) is 0 Å². The number of anilines is 1. The summed E-state index contributed by atoms with van der Waals surface area (Å²) in [6.07, 6.45) is 4.35. The van der Waals surface area contributed by atoms with Gasteiger partial charge in [0.2, 0.25) is 10.0 Å². The number of halogens is 1. The van der Waals surface area contributed by atoms with Gasteiger partial charge < -0.3 is 5.73 Å². The molecule has 0 amide bonds. The highest BCUT2D eigenvalue weighted by molar-refractivity contribution is 7.89. The second-order valence-electron chi connectivity index (χ2n) is 4.64. The van der Waals surface area contributed by atoms with Crippen LogP contribution in [0.15, 0.2) is 23.1 Å². The smallest absolute Gasteiger partial charge is 0.242 e. The molecule has 1 saturated carbocycles. The molecule has 1 aliphatic rings. The second kappa shape index (κ2) is 5.24. The van der Waals surface area contributed by atoms with Crippen molar-refractivity contribution in [2.45, 2.75) is 30.6 Å². The summed E-state index contributed by atoms with van der Waals surface area (Å²) in [6, 6.07) is 3.79. The Bertz CT molecular complexity index is 527. The molecule has 0 radical (unpaired) electrons. The number of sulfonamides is 1. The Hall–Kier alpha value is -1.14. The lowest BCUT2D eigenvalue weighted by Gasteiger charge is -2.09. The van der Waals surface area contributed by atoms with E-state index in [1.807, 2.05) is 0 Å². The van der Waals surface area contributed by atoms with Gasteiger partial charge >= 0.3 is 0 Å². The van der Waals surface area contributed by atoms with Gasteiger partial charge in [0.1, 0.15) is 10.7 Å². The number of nitrogen functional groups attached to an aromatic ring is 1. The van der Waals surface area contributed by atoms with E-state index in [4.69, 9.17) is 5.73 Å². The topological polar surface area (TPSA) is 72.2 Å².